The number of carbonyl (C=O) groups excluding carboxylic acids is 1. The molecule has 0 saturated carbocycles. The highest BCUT2D eigenvalue weighted by Gasteiger charge is 2.14. The predicted molar refractivity (Wildman–Crippen MR) is 109 cm³/mol. The van der Waals surface area contributed by atoms with Crippen LogP contribution in [0.3, 0.4) is 0 Å². The van der Waals surface area contributed by atoms with Gasteiger partial charge in [-0.15, -0.1) is 0 Å². The molecule has 0 aliphatic heterocycles. The average Bonchev–Trinajstić information content (AvgIpc) is 2.69. The van der Waals surface area contributed by atoms with E-state index in [2.05, 4.69) is 11.9 Å². The van der Waals surface area contributed by atoms with E-state index in [4.69, 9.17) is 14.2 Å². The van der Waals surface area contributed by atoms with Gasteiger partial charge in [0.2, 0.25) is 0 Å². The van der Waals surface area contributed by atoms with E-state index in [9.17, 15) is 4.79 Å². The van der Waals surface area contributed by atoms with Crippen molar-refractivity contribution in [1.29, 1.82) is 0 Å². The third-order valence-electron chi connectivity index (χ3n) is 4.01. The first kappa shape index (κ1) is 22.4. The van der Waals surface area contributed by atoms with Gasteiger partial charge >= 0.3 is 0 Å². The summed E-state index contributed by atoms with van der Waals surface area (Å²) < 4.78 is 15.6. The summed E-state index contributed by atoms with van der Waals surface area (Å²) in [4.78, 5) is 15.1. The molecule has 0 saturated heterocycles. The summed E-state index contributed by atoms with van der Waals surface area (Å²) in [6.45, 7) is 3.62. The van der Waals surface area contributed by atoms with Crippen molar-refractivity contribution in [2.75, 3.05) is 28.4 Å². The molecule has 1 atom stereocenters. The van der Waals surface area contributed by atoms with Crippen molar-refractivity contribution in [2.45, 2.75) is 26.4 Å². The molecule has 0 aliphatic rings. The first-order chi connectivity index (χ1) is 13.0. The largest absolute Gasteiger partial charge is 0.493 e. The molecule has 0 radical (unpaired) electrons. The van der Waals surface area contributed by atoms with Crippen LogP contribution < -0.4 is 9.47 Å². The summed E-state index contributed by atoms with van der Waals surface area (Å²) in [5.41, 5.74) is 3.12. The predicted octanol–water partition coefficient (Wildman–Crippen LogP) is 4.28. The van der Waals surface area contributed by atoms with E-state index in [0.29, 0.717) is 0 Å². The smallest absolute Gasteiger partial charge is 0.164 e. The van der Waals surface area contributed by atoms with E-state index in [1.807, 2.05) is 48.7 Å². The fraction of sp³-hybridized carbons (Fsp3) is 0.364. The van der Waals surface area contributed by atoms with Crippen LogP contribution in [0.2, 0.25) is 0 Å². The van der Waals surface area contributed by atoms with Crippen molar-refractivity contribution < 1.29 is 19.0 Å². The average molecular weight is 371 g/mol. The topological polar surface area (TPSA) is 57.1 Å². The number of rotatable bonds is 7. The van der Waals surface area contributed by atoms with Crippen LogP contribution in [0.25, 0.3) is 0 Å². The molecular weight excluding hydrogens is 342 g/mol. The highest BCUT2D eigenvalue weighted by Crippen LogP contribution is 2.33. The lowest BCUT2D eigenvalue weighted by molar-refractivity contribution is -0.126. The van der Waals surface area contributed by atoms with Gasteiger partial charge in [-0.25, -0.2) is 0 Å². The van der Waals surface area contributed by atoms with Crippen molar-refractivity contribution in [1.82, 2.24) is 0 Å². The normalized spacial score (nSPS) is 11.5. The van der Waals surface area contributed by atoms with Crippen molar-refractivity contribution in [3.8, 4) is 11.5 Å². The monoisotopic (exact) mass is 371 g/mol. The molecule has 0 aliphatic carbocycles. The molecule has 5 heteroatoms. The third-order valence-corrected chi connectivity index (χ3v) is 4.01. The van der Waals surface area contributed by atoms with E-state index < -0.39 is 6.10 Å². The second-order valence-corrected chi connectivity index (χ2v) is 5.75. The molecule has 27 heavy (non-hydrogen) atoms. The zero-order valence-corrected chi connectivity index (χ0v) is 17.0. The number of carbonyl (C=O) groups is 1. The maximum atomic E-state index is 11.1. The number of ketones is 1. The molecule has 146 valence electrons. The lowest BCUT2D eigenvalue weighted by Crippen LogP contribution is -2.10. The van der Waals surface area contributed by atoms with Gasteiger partial charge in [-0.3, -0.25) is 9.79 Å². The molecule has 2 aromatic carbocycles. The Kier molecular flexibility index (Phi) is 9.83. The Balaban J connectivity index is 0.000000277. The first-order valence-electron chi connectivity index (χ1n) is 8.78. The summed E-state index contributed by atoms with van der Waals surface area (Å²) in [5.74, 6) is 1.60. The Morgan fingerprint density at radius 2 is 1.74 bits per heavy atom. The number of Topliss-reactive ketones (excluding diaryl/α,β-unsaturated/α-hetero) is 1. The van der Waals surface area contributed by atoms with Crippen LogP contribution in [0.1, 0.15) is 36.6 Å². The van der Waals surface area contributed by atoms with Crippen molar-refractivity contribution >= 4 is 12.0 Å². The highest BCUT2D eigenvalue weighted by atomic mass is 16.5. The summed E-state index contributed by atoms with van der Waals surface area (Å²) in [6.07, 6.45) is 2.31. The number of hydrogen-bond donors (Lipinski definition) is 0. The van der Waals surface area contributed by atoms with E-state index in [1.165, 1.54) is 6.92 Å². The minimum atomic E-state index is -0.411. The second kappa shape index (κ2) is 11.9. The zero-order valence-electron chi connectivity index (χ0n) is 17.0. The minimum Gasteiger partial charge on any atom is -0.493 e. The Morgan fingerprint density at radius 1 is 1.07 bits per heavy atom. The van der Waals surface area contributed by atoms with Gasteiger partial charge in [-0.05, 0) is 36.6 Å². The van der Waals surface area contributed by atoms with E-state index in [1.54, 1.807) is 28.4 Å². The van der Waals surface area contributed by atoms with Gasteiger partial charge in [0.25, 0.3) is 0 Å². The van der Waals surface area contributed by atoms with E-state index in [0.717, 1.165) is 34.6 Å². The van der Waals surface area contributed by atoms with Crippen molar-refractivity contribution in [3.63, 3.8) is 0 Å². The van der Waals surface area contributed by atoms with Gasteiger partial charge in [-0.2, -0.15) is 0 Å². The summed E-state index contributed by atoms with van der Waals surface area (Å²) in [6, 6.07) is 13.4. The Morgan fingerprint density at radius 3 is 2.19 bits per heavy atom. The Bertz CT molecular complexity index is 741. The van der Waals surface area contributed by atoms with Gasteiger partial charge in [0.05, 0.1) is 14.2 Å². The van der Waals surface area contributed by atoms with Crippen molar-refractivity contribution in [3.05, 3.63) is 59.2 Å². The van der Waals surface area contributed by atoms with Crippen LogP contribution in [-0.2, 0) is 16.0 Å². The number of aliphatic imine (C=N–C) groups is 1. The number of ether oxygens (including phenoxy) is 3. The maximum absolute atomic E-state index is 11.1. The van der Waals surface area contributed by atoms with Crippen LogP contribution in [0.5, 0.6) is 11.5 Å². The second-order valence-electron chi connectivity index (χ2n) is 5.75. The SMILES string of the molecule is CCc1c(C=NC)ccc(OC)c1OC.COC(C(C)=O)c1ccccc1. The lowest BCUT2D eigenvalue weighted by Gasteiger charge is -2.13. The Hall–Kier alpha value is -2.66. The van der Waals surface area contributed by atoms with Crippen LogP contribution in [0.4, 0.5) is 0 Å². The molecule has 0 bridgehead atoms. The van der Waals surface area contributed by atoms with Crippen LogP contribution in [0, 0.1) is 0 Å². The third kappa shape index (κ3) is 6.22. The summed E-state index contributed by atoms with van der Waals surface area (Å²) >= 11 is 0. The van der Waals surface area contributed by atoms with E-state index in [-0.39, 0.29) is 5.78 Å². The molecular formula is C22H29NO4. The van der Waals surface area contributed by atoms with Gasteiger partial charge in [0, 0.05) is 25.9 Å². The van der Waals surface area contributed by atoms with Crippen molar-refractivity contribution in [2.24, 2.45) is 4.99 Å². The molecule has 2 rings (SSSR count). The quantitative estimate of drug-likeness (QED) is 0.682. The molecule has 1 unspecified atom stereocenters. The van der Waals surface area contributed by atoms with Gasteiger partial charge < -0.3 is 14.2 Å². The minimum absolute atomic E-state index is 0.0312. The molecule has 0 N–H and O–H groups in total. The van der Waals surface area contributed by atoms with Gasteiger partial charge in [0.1, 0.15) is 6.10 Å². The fourth-order valence-electron chi connectivity index (χ4n) is 2.80. The standard InChI is InChI=1S/C12H17NO2.C10H12O2/c1-5-10-9(8-13-2)6-7-11(14-3)12(10)15-4;1-8(11)10(12-2)9-6-4-3-5-7-9/h6-8H,5H2,1-4H3;3-7,10H,1-2H3. The molecule has 0 fully saturated rings. The number of nitrogens with zero attached hydrogens (tertiary/aromatic N) is 1. The molecule has 0 aromatic heterocycles. The van der Waals surface area contributed by atoms with E-state index >= 15 is 0 Å². The van der Waals surface area contributed by atoms with Gasteiger partial charge in [0.15, 0.2) is 17.3 Å². The molecule has 0 amide bonds. The molecule has 2 aromatic rings. The van der Waals surface area contributed by atoms with Gasteiger partial charge in [-0.1, -0.05) is 37.3 Å². The lowest BCUT2D eigenvalue weighted by atomic mass is 10.0. The number of methoxy groups -OCH3 is 3. The number of benzene rings is 2. The zero-order chi connectivity index (χ0) is 20.2. The molecule has 0 spiro atoms. The van der Waals surface area contributed by atoms with Crippen LogP contribution >= 0.6 is 0 Å². The first-order valence-corrected chi connectivity index (χ1v) is 8.78. The molecule has 5 nitrogen and oxygen atoms in total. The van der Waals surface area contributed by atoms with Crippen LogP contribution in [0.15, 0.2) is 47.5 Å². The highest BCUT2D eigenvalue weighted by molar-refractivity contribution is 5.83. The summed E-state index contributed by atoms with van der Waals surface area (Å²) in [7, 11) is 6.60. The maximum Gasteiger partial charge on any atom is 0.164 e. The Labute approximate surface area is 162 Å². The molecule has 0 heterocycles. The number of hydrogen-bond acceptors (Lipinski definition) is 5. The summed E-state index contributed by atoms with van der Waals surface area (Å²) in [5, 5.41) is 0. The van der Waals surface area contributed by atoms with Crippen LogP contribution in [-0.4, -0.2) is 40.4 Å². The fourth-order valence-corrected chi connectivity index (χ4v) is 2.80.